The highest BCUT2D eigenvalue weighted by atomic mass is 35.5. The average molecular weight is 411 g/mol. The van der Waals surface area contributed by atoms with Crippen LogP contribution in [0.2, 0.25) is 5.02 Å². The SMILES string of the molecule is Cc1ccc(Cl)cc1N(CC(=O)Nc1ccc2c(c1)OCCO2)S(C)(=O)=O. The molecule has 3 rings (SSSR count). The Morgan fingerprint density at radius 3 is 2.56 bits per heavy atom. The Morgan fingerprint density at radius 2 is 1.85 bits per heavy atom. The van der Waals surface area contributed by atoms with Crippen molar-refractivity contribution < 1.29 is 22.7 Å². The summed E-state index contributed by atoms with van der Waals surface area (Å²) in [5, 5.41) is 3.07. The summed E-state index contributed by atoms with van der Waals surface area (Å²) in [6, 6.07) is 9.89. The first-order chi connectivity index (χ1) is 12.7. The van der Waals surface area contributed by atoms with Gasteiger partial charge in [0.1, 0.15) is 19.8 Å². The van der Waals surface area contributed by atoms with Crippen LogP contribution in [0.25, 0.3) is 0 Å². The molecule has 1 heterocycles. The standard InChI is InChI=1S/C18H19ClN2O5S/c1-12-3-4-13(19)9-15(12)21(27(2,23)24)11-18(22)20-14-5-6-16-17(10-14)26-8-7-25-16/h3-6,9-10H,7-8,11H2,1-2H3,(H,20,22). The van der Waals surface area contributed by atoms with Crippen molar-refractivity contribution in [3.05, 3.63) is 47.0 Å². The Labute approximate surface area is 162 Å². The number of anilines is 2. The van der Waals surface area contributed by atoms with Crippen LogP contribution in [0.1, 0.15) is 5.56 Å². The highest BCUT2D eigenvalue weighted by molar-refractivity contribution is 7.92. The van der Waals surface area contributed by atoms with E-state index in [-0.39, 0.29) is 6.54 Å². The van der Waals surface area contributed by atoms with Gasteiger partial charge in [0, 0.05) is 16.8 Å². The highest BCUT2D eigenvalue weighted by Crippen LogP contribution is 2.32. The maximum absolute atomic E-state index is 12.5. The number of aryl methyl sites for hydroxylation is 1. The van der Waals surface area contributed by atoms with E-state index in [1.807, 2.05) is 0 Å². The normalized spacial score (nSPS) is 13.1. The van der Waals surface area contributed by atoms with Crippen LogP contribution in [0.5, 0.6) is 11.5 Å². The summed E-state index contributed by atoms with van der Waals surface area (Å²) >= 11 is 6.00. The third-order valence-electron chi connectivity index (χ3n) is 3.95. The molecule has 7 nitrogen and oxygen atoms in total. The molecule has 2 aromatic rings. The second kappa shape index (κ2) is 7.66. The number of nitrogens with one attached hydrogen (secondary N) is 1. The first kappa shape index (κ1) is 19.3. The van der Waals surface area contributed by atoms with Gasteiger partial charge in [0.2, 0.25) is 15.9 Å². The van der Waals surface area contributed by atoms with Crippen molar-refractivity contribution >= 4 is 38.9 Å². The van der Waals surface area contributed by atoms with Gasteiger partial charge in [-0.1, -0.05) is 17.7 Å². The molecule has 0 unspecified atom stereocenters. The molecule has 0 bridgehead atoms. The Kier molecular flexibility index (Phi) is 5.48. The molecule has 1 aliphatic heterocycles. The minimum absolute atomic E-state index is 0.363. The lowest BCUT2D eigenvalue weighted by Crippen LogP contribution is -2.37. The van der Waals surface area contributed by atoms with Crippen LogP contribution in [0.4, 0.5) is 11.4 Å². The predicted molar refractivity (Wildman–Crippen MR) is 104 cm³/mol. The Hall–Kier alpha value is -2.45. The van der Waals surface area contributed by atoms with Gasteiger partial charge in [-0.25, -0.2) is 8.42 Å². The third kappa shape index (κ3) is 4.64. The molecule has 144 valence electrons. The first-order valence-corrected chi connectivity index (χ1v) is 10.4. The minimum Gasteiger partial charge on any atom is -0.486 e. The zero-order valence-corrected chi connectivity index (χ0v) is 16.4. The van der Waals surface area contributed by atoms with Crippen LogP contribution in [0.3, 0.4) is 0 Å². The van der Waals surface area contributed by atoms with Gasteiger partial charge >= 0.3 is 0 Å². The maximum Gasteiger partial charge on any atom is 0.245 e. The molecule has 0 saturated carbocycles. The number of carbonyl (C=O) groups excluding carboxylic acids is 1. The van der Waals surface area contributed by atoms with Crippen molar-refractivity contribution in [1.29, 1.82) is 0 Å². The zero-order chi connectivity index (χ0) is 19.6. The summed E-state index contributed by atoms with van der Waals surface area (Å²) in [7, 11) is -3.69. The number of benzene rings is 2. The summed E-state index contributed by atoms with van der Waals surface area (Å²) < 4.78 is 36.4. The lowest BCUT2D eigenvalue weighted by Gasteiger charge is -2.24. The lowest BCUT2D eigenvalue weighted by molar-refractivity contribution is -0.114. The number of rotatable bonds is 5. The van der Waals surface area contributed by atoms with Crippen molar-refractivity contribution in [2.24, 2.45) is 0 Å². The molecule has 0 fully saturated rings. The molecule has 0 atom stereocenters. The van der Waals surface area contributed by atoms with Gasteiger partial charge < -0.3 is 14.8 Å². The van der Waals surface area contributed by atoms with E-state index < -0.39 is 15.9 Å². The van der Waals surface area contributed by atoms with Crippen LogP contribution in [0, 0.1) is 6.92 Å². The van der Waals surface area contributed by atoms with Gasteiger partial charge in [-0.05, 0) is 36.8 Å². The van der Waals surface area contributed by atoms with Crippen molar-refractivity contribution in [3.63, 3.8) is 0 Å². The molecule has 0 spiro atoms. The number of fused-ring (bicyclic) bond motifs is 1. The molecular weight excluding hydrogens is 392 g/mol. The van der Waals surface area contributed by atoms with E-state index in [2.05, 4.69) is 5.32 Å². The van der Waals surface area contributed by atoms with E-state index >= 15 is 0 Å². The fourth-order valence-electron chi connectivity index (χ4n) is 2.68. The van der Waals surface area contributed by atoms with Crippen LogP contribution < -0.4 is 19.1 Å². The molecule has 0 aromatic heterocycles. The third-order valence-corrected chi connectivity index (χ3v) is 5.31. The smallest absolute Gasteiger partial charge is 0.245 e. The number of halogens is 1. The molecular formula is C18H19ClN2O5S. The summed E-state index contributed by atoms with van der Waals surface area (Å²) in [5.41, 5.74) is 1.54. The van der Waals surface area contributed by atoms with Gasteiger partial charge in [0.25, 0.3) is 0 Å². The number of amides is 1. The minimum atomic E-state index is -3.69. The molecule has 1 N–H and O–H groups in total. The van der Waals surface area contributed by atoms with E-state index in [1.165, 1.54) is 6.07 Å². The first-order valence-electron chi connectivity index (χ1n) is 8.17. The molecule has 1 amide bonds. The second-order valence-electron chi connectivity index (χ2n) is 6.11. The molecule has 9 heteroatoms. The highest BCUT2D eigenvalue weighted by Gasteiger charge is 2.23. The lowest BCUT2D eigenvalue weighted by atomic mass is 10.2. The van der Waals surface area contributed by atoms with Crippen LogP contribution in [-0.2, 0) is 14.8 Å². The number of nitrogens with zero attached hydrogens (tertiary/aromatic N) is 1. The largest absolute Gasteiger partial charge is 0.486 e. The van der Waals surface area contributed by atoms with E-state index in [1.54, 1.807) is 37.3 Å². The summed E-state index contributed by atoms with van der Waals surface area (Å²) in [5.74, 6) is 0.646. The zero-order valence-electron chi connectivity index (χ0n) is 14.9. The monoisotopic (exact) mass is 410 g/mol. The van der Waals surface area contributed by atoms with Crippen molar-refractivity contribution in [3.8, 4) is 11.5 Å². The average Bonchev–Trinajstić information content (AvgIpc) is 2.61. The topological polar surface area (TPSA) is 84.9 Å². The van der Waals surface area contributed by atoms with Crippen molar-refractivity contribution in [1.82, 2.24) is 0 Å². The van der Waals surface area contributed by atoms with E-state index in [0.717, 1.165) is 10.6 Å². The van der Waals surface area contributed by atoms with Crippen LogP contribution in [0.15, 0.2) is 36.4 Å². The van der Waals surface area contributed by atoms with Crippen LogP contribution >= 0.6 is 11.6 Å². The van der Waals surface area contributed by atoms with E-state index in [9.17, 15) is 13.2 Å². The van der Waals surface area contributed by atoms with Gasteiger partial charge in [-0.3, -0.25) is 9.10 Å². The van der Waals surface area contributed by atoms with E-state index in [0.29, 0.717) is 46.7 Å². The Morgan fingerprint density at radius 1 is 1.15 bits per heavy atom. The number of carbonyl (C=O) groups is 1. The molecule has 0 radical (unpaired) electrons. The molecule has 27 heavy (non-hydrogen) atoms. The van der Waals surface area contributed by atoms with Gasteiger partial charge in [-0.2, -0.15) is 0 Å². The number of hydrogen-bond donors (Lipinski definition) is 1. The van der Waals surface area contributed by atoms with Crippen LogP contribution in [-0.4, -0.2) is 40.3 Å². The summed E-state index contributed by atoms with van der Waals surface area (Å²) in [4.78, 5) is 12.5. The number of ether oxygens (including phenoxy) is 2. The second-order valence-corrected chi connectivity index (χ2v) is 8.45. The fraction of sp³-hybridized carbons (Fsp3) is 0.278. The maximum atomic E-state index is 12.5. The summed E-state index contributed by atoms with van der Waals surface area (Å²) in [6.45, 7) is 2.28. The molecule has 1 aliphatic rings. The van der Waals surface area contributed by atoms with Gasteiger partial charge in [-0.15, -0.1) is 0 Å². The van der Waals surface area contributed by atoms with Crippen molar-refractivity contribution in [2.75, 3.05) is 35.6 Å². The Bertz CT molecular complexity index is 978. The van der Waals surface area contributed by atoms with Crippen molar-refractivity contribution in [2.45, 2.75) is 6.92 Å². The number of hydrogen-bond acceptors (Lipinski definition) is 5. The van der Waals surface area contributed by atoms with Gasteiger partial charge in [0.15, 0.2) is 11.5 Å². The molecule has 0 saturated heterocycles. The fourth-order valence-corrected chi connectivity index (χ4v) is 3.76. The molecule has 0 aliphatic carbocycles. The quantitative estimate of drug-likeness (QED) is 0.819. The van der Waals surface area contributed by atoms with Gasteiger partial charge in [0.05, 0.1) is 11.9 Å². The summed E-state index contributed by atoms with van der Waals surface area (Å²) in [6.07, 6.45) is 1.05. The number of sulfonamides is 1. The Balaban J connectivity index is 1.80. The van der Waals surface area contributed by atoms with E-state index in [4.69, 9.17) is 21.1 Å². The predicted octanol–water partition coefficient (Wildman–Crippen LogP) is 2.82. The molecule has 2 aromatic carbocycles.